The fourth-order valence-corrected chi connectivity index (χ4v) is 10.2. The summed E-state index contributed by atoms with van der Waals surface area (Å²) in [5, 5.41) is 22.6. The number of nitrogens with one attached hydrogen (secondary N) is 4. The summed E-state index contributed by atoms with van der Waals surface area (Å²) < 4.78 is 0. The van der Waals surface area contributed by atoms with E-state index < -0.39 is 156 Å². The Morgan fingerprint density at radius 1 is 0.415 bits per heavy atom. The maximum Gasteiger partial charge on any atom is 0.246 e. The van der Waals surface area contributed by atoms with Crippen LogP contribution in [0.1, 0.15) is 150 Å². The van der Waals surface area contributed by atoms with E-state index in [4.69, 9.17) is 0 Å². The fourth-order valence-electron chi connectivity index (χ4n) is 10.2. The van der Waals surface area contributed by atoms with Gasteiger partial charge in [0, 0.05) is 49.3 Å². The van der Waals surface area contributed by atoms with Crippen molar-refractivity contribution in [1.82, 2.24) is 55.6 Å². The summed E-state index contributed by atoms with van der Waals surface area (Å²) in [6.45, 7) is 29.1. The lowest BCUT2D eigenvalue weighted by Gasteiger charge is -2.41. The maximum atomic E-state index is 15.0. The summed E-state index contributed by atoms with van der Waals surface area (Å²) >= 11 is 0. The van der Waals surface area contributed by atoms with Crippen molar-refractivity contribution >= 4 is 65.0 Å². The molecule has 0 aromatic heterocycles. The molecule has 1 aliphatic rings. The molecular formula is C59H107N11O12. The third-order valence-corrected chi connectivity index (χ3v) is 15.4. The molecule has 0 aromatic carbocycles. The van der Waals surface area contributed by atoms with Gasteiger partial charge in [-0.3, -0.25) is 52.7 Å². The van der Waals surface area contributed by atoms with Crippen molar-refractivity contribution in [2.24, 2.45) is 41.4 Å². The normalized spacial score (nSPS) is 27.0. The van der Waals surface area contributed by atoms with Gasteiger partial charge in [-0.25, -0.2) is 0 Å². The molecule has 82 heavy (non-hydrogen) atoms. The Labute approximate surface area is 490 Å². The molecule has 1 saturated heterocycles. The van der Waals surface area contributed by atoms with E-state index in [2.05, 4.69) is 21.3 Å². The van der Waals surface area contributed by atoms with Crippen LogP contribution in [0.4, 0.5) is 0 Å². The lowest BCUT2D eigenvalue weighted by Crippen LogP contribution is -2.63. The summed E-state index contributed by atoms with van der Waals surface area (Å²) in [5.41, 5.74) is 0. The smallest absolute Gasteiger partial charge is 0.246 e. The van der Waals surface area contributed by atoms with Crippen molar-refractivity contribution in [3.05, 3.63) is 0 Å². The van der Waals surface area contributed by atoms with Gasteiger partial charge in [0.2, 0.25) is 65.0 Å². The topological polar surface area (TPSA) is 279 Å². The van der Waals surface area contributed by atoms with E-state index in [0.29, 0.717) is 0 Å². The van der Waals surface area contributed by atoms with Crippen molar-refractivity contribution < 1.29 is 57.8 Å². The van der Waals surface area contributed by atoms with Crippen molar-refractivity contribution in [1.29, 1.82) is 0 Å². The number of hydrogen-bond acceptors (Lipinski definition) is 12. The van der Waals surface area contributed by atoms with Crippen molar-refractivity contribution in [2.75, 3.05) is 55.9 Å². The Morgan fingerprint density at radius 2 is 0.805 bits per heavy atom. The van der Waals surface area contributed by atoms with Gasteiger partial charge in [-0.05, 0) is 87.4 Å². The van der Waals surface area contributed by atoms with Gasteiger partial charge >= 0.3 is 0 Å². The molecule has 0 bridgehead atoms. The average molecular weight is 1160 g/mol. The molecule has 1 rings (SSSR count). The second kappa shape index (κ2) is 32.8. The van der Waals surface area contributed by atoms with Crippen LogP contribution in [0.5, 0.6) is 0 Å². The van der Waals surface area contributed by atoms with Gasteiger partial charge in [-0.2, -0.15) is 0 Å². The van der Waals surface area contributed by atoms with Gasteiger partial charge in [-0.1, -0.05) is 104 Å². The third-order valence-electron chi connectivity index (χ3n) is 15.4. The highest BCUT2D eigenvalue weighted by molar-refractivity contribution is 5.99. The molecule has 0 aromatic rings. The molecule has 1 heterocycles. The van der Waals surface area contributed by atoms with Crippen molar-refractivity contribution in [2.45, 2.75) is 216 Å². The first-order chi connectivity index (χ1) is 37.7. The Hall–Kier alpha value is -5.87. The van der Waals surface area contributed by atoms with Gasteiger partial charge in [0.25, 0.3) is 0 Å². The molecule has 0 saturated carbocycles. The molecule has 11 amide bonds. The molecule has 23 nitrogen and oxygen atoms in total. The van der Waals surface area contributed by atoms with Crippen LogP contribution in [-0.4, -0.2) is 227 Å². The molecule has 23 heteroatoms. The number of amides is 11. The minimum absolute atomic E-state index is 0.0304. The van der Waals surface area contributed by atoms with Crippen LogP contribution in [0.15, 0.2) is 0 Å². The Balaban J connectivity index is 4.25. The standard InChI is InChI=1S/C59H107N11O12/c1-25-40-55(78)64(18)30-45(71)65(19)41(26-31(2)3)52(75)63-46(35(10)11)58(81)66(20)42(27-32(4)5)51(74)60-38(16)50(73)61-39(17)54(77)67(21)43(28-33(6)7)56(79)68(22)44(29-34(8)9)57(80)69(23)47(36(12)13)59(82)70(24)48(53(76)62-40)49(72)37(14)15/h31-44,46-49,72H,25-30H2,1-24H3,(H,60,74)(H,61,73)(H,62,76)(H,63,75)/t38-,39+,40-,41-,42-,43-,44-,46-,47+,48-,49+/m0/s1. The molecule has 1 fully saturated rings. The molecule has 11 atom stereocenters. The van der Waals surface area contributed by atoms with E-state index in [9.17, 15) is 57.8 Å². The van der Waals surface area contributed by atoms with E-state index in [0.717, 1.165) is 9.80 Å². The zero-order valence-electron chi connectivity index (χ0n) is 54.2. The predicted molar refractivity (Wildman–Crippen MR) is 315 cm³/mol. The quantitative estimate of drug-likeness (QED) is 0.178. The van der Waals surface area contributed by atoms with E-state index in [1.165, 1.54) is 87.7 Å². The van der Waals surface area contributed by atoms with Gasteiger partial charge in [-0.15, -0.1) is 0 Å². The van der Waals surface area contributed by atoms with Gasteiger partial charge in [0.05, 0.1) is 12.6 Å². The first-order valence-corrected chi connectivity index (χ1v) is 29.4. The number of aliphatic hydroxyl groups is 1. The first-order valence-electron chi connectivity index (χ1n) is 29.4. The number of rotatable bonds is 13. The second-order valence-corrected chi connectivity index (χ2v) is 25.6. The SMILES string of the molecule is CC[C@@H]1NC(=O)[C@H]([C@H](O)C(C)C)N(C)C(=O)[C@@H](C(C)C)N(C)C(=O)[C@H](CC(C)C)N(C)C(=O)[C@H](CC(C)C)N(C)C(=O)[C@@H](C)NC(=O)[C@H](C)NC(=O)[C@H](CC(C)C)N(C)C(=O)[C@H](C(C)C)NC(=O)[C@H](CC(C)C)N(C)C(=O)CN(C)C1=O. The van der Waals surface area contributed by atoms with Gasteiger partial charge in [0.1, 0.15) is 60.4 Å². The van der Waals surface area contributed by atoms with Crippen LogP contribution in [0.3, 0.4) is 0 Å². The Morgan fingerprint density at radius 3 is 1.23 bits per heavy atom. The number of hydrogen-bond donors (Lipinski definition) is 5. The van der Waals surface area contributed by atoms with Gasteiger partial charge < -0.3 is 60.7 Å². The second-order valence-electron chi connectivity index (χ2n) is 25.6. The molecule has 5 N–H and O–H groups in total. The molecule has 1 aliphatic heterocycles. The first kappa shape index (κ1) is 74.1. The number of carbonyl (C=O) groups is 11. The summed E-state index contributed by atoms with van der Waals surface area (Å²) in [4.78, 5) is 167. The van der Waals surface area contributed by atoms with E-state index >= 15 is 0 Å². The summed E-state index contributed by atoms with van der Waals surface area (Å²) in [7, 11) is 9.88. The minimum Gasteiger partial charge on any atom is -0.390 e. The highest BCUT2D eigenvalue weighted by atomic mass is 16.3. The lowest BCUT2D eigenvalue weighted by molar-refractivity contribution is -0.157. The predicted octanol–water partition coefficient (Wildman–Crippen LogP) is 2.32. The van der Waals surface area contributed by atoms with E-state index in [-0.39, 0.29) is 55.8 Å². The van der Waals surface area contributed by atoms with Crippen LogP contribution in [0.25, 0.3) is 0 Å². The number of likely N-dealkylation sites (N-methyl/N-ethyl adjacent to an activating group) is 7. The van der Waals surface area contributed by atoms with Crippen LogP contribution >= 0.6 is 0 Å². The van der Waals surface area contributed by atoms with Crippen LogP contribution in [-0.2, 0) is 52.7 Å². The van der Waals surface area contributed by atoms with Gasteiger partial charge in [0.15, 0.2) is 0 Å². The highest BCUT2D eigenvalue weighted by Crippen LogP contribution is 2.25. The number of aliphatic hydroxyl groups excluding tert-OH is 1. The Bertz CT molecular complexity index is 2220. The largest absolute Gasteiger partial charge is 0.390 e. The number of carbonyl (C=O) groups excluding carboxylic acids is 11. The Kier molecular flexibility index (Phi) is 29.7. The van der Waals surface area contributed by atoms with Crippen LogP contribution in [0.2, 0.25) is 0 Å². The van der Waals surface area contributed by atoms with E-state index in [1.807, 2.05) is 55.4 Å². The zero-order chi connectivity index (χ0) is 63.9. The minimum atomic E-state index is -1.58. The molecule has 0 aliphatic carbocycles. The van der Waals surface area contributed by atoms with E-state index in [1.54, 1.807) is 48.5 Å². The van der Waals surface area contributed by atoms with Crippen LogP contribution < -0.4 is 21.3 Å². The monoisotopic (exact) mass is 1160 g/mol. The van der Waals surface area contributed by atoms with Crippen molar-refractivity contribution in [3.8, 4) is 0 Å². The average Bonchev–Trinajstić information content (AvgIpc) is 3.38. The summed E-state index contributed by atoms with van der Waals surface area (Å²) in [5.74, 6) is -9.64. The molecule has 470 valence electrons. The summed E-state index contributed by atoms with van der Waals surface area (Å²) in [6.07, 6.45) is -0.807. The molecule has 0 radical (unpaired) electrons. The number of nitrogens with zero attached hydrogens (tertiary/aromatic N) is 7. The molecule has 0 unspecified atom stereocenters. The fraction of sp³-hybridized carbons (Fsp3) is 0.814. The lowest BCUT2D eigenvalue weighted by atomic mass is 9.93. The zero-order valence-corrected chi connectivity index (χ0v) is 54.2. The van der Waals surface area contributed by atoms with Crippen LogP contribution in [0, 0.1) is 41.4 Å². The third kappa shape index (κ3) is 20.2. The molecule has 0 spiro atoms. The maximum absolute atomic E-state index is 15.0. The summed E-state index contributed by atoms with van der Waals surface area (Å²) in [6, 6.07) is -12.2. The van der Waals surface area contributed by atoms with Crippen molar-refractivity contribution in [3.63, 3.8) is 0 Å². The highest BCUT2D eigenvalue weighted by Gasteiger charge is 2.45. The molecular weight excluding hydrogens is 1050 g/mol.